The Morgan fingerprint density at radius 1 is 1.36 bits per heavy atom. The largest absolute Gasteiger partial charge is 0.396 e. The topological polar surface area (TPSA) is 61.8 Å². The van der Waals surface area contributed by atoms with Crippen molar-refractivity contribution in [2.24, 2.45) is 0 Å². The van der Waals surface area contributed by atoms with Gasteiger partial charge in [-0.3, -0.25) is 0 Å². The molecule has 1 heterocycles. The Morgan fingerprint density at radius 2 is 2.27 bits per heavy atom. The second-order valence-corrected chi connectivity index (χ2v) is 2.50. The van der Waals surface area contributed by atoms with Crippen molar-refractivity contribution >= 4 is 0 Å². The van der Waals surface area contributed by atoms with E-state index in [4.69, 9.17) is 5.11 Å². The summed E-state index contributed by atoms with van der Waals surface area (Å²) < 4.78 is 0. The van der Waals surface area contributed by atoms with Crippen LogP contribution in [0.3, 0.4) is 0 Å². The van der Waals surface area contributed by atoms with Crippen molar-refractivity contribution in [1.82, 2.24) is 15.4 Å². The molecule has 1 aromatic heterocycles. The number of hydrogen-bond donors (Lipinski definition) is 2. The molecule has 0 aliphatic carbocycles. The zero-order valence-corrected chi connectivity index (χ0v) is 6.45. The highest BCUT2D eigenvalue weighted by molar-refractivity contribution is 4.89. The third kappa shape index (κ3) is 3.13. The Kier molecular flexibility index (Phi) is 3.61. The molecule has 0 aliphatic rings. The van der Waals surface area contributed by atoms with Gasteiger partial charge in [-0.2, -0.15) is 15.4 Å². The van der Waals surface area contributed by atoms with Gasteiger partial charge in [-0.25, -0.2) is 0 Å². The van der Waals surface area contributed by atoms with Crippen LogP contribution in [0.25, 0.3) is 0 Å². The summed E-state index contributed by atoms with van der Waals surface area (Å²) >= 11 is 0. The van der Waals surface area contributed by atoms with Crippen molar-refractivity contribution in [2.75, 3.05) is 6.61 Å². The summed E-state index contributed by atoms with van der Waals surface area (Å²) in [4.78, 5) is 0. The summed E-state index contributed by atoms with van der Waals surface area (Å²) in [6, 6.07) is 0. The monoisotopic (exact) mass is 155 g/mol. The molecule has 0 atom stereocenters. The zero-order chi connectivity index (χ0) is 7.94. The smallest absolute Gasteiger partial charge is 0.0824 e. The number of aromatic nitrogens is 3. The first-order valence-electron chi connectivity index (χ1n) is 3.89. The Morgan fingerprint density at radius 3 is 2.91 bits per heavy atom. The van der Waals surface area contributed by atoms with Crippen LogP contribution in [0.5, 0.6) is 0 Å². The quantitative estimate of drug-likeness (QED) is 0.609. The van der Waals surface area contributed by atoms with E-state index in [1.807, 2.05) is 0 Å². The van der Waals surface area contributed by atoms with E-state index in [0.29, 0.717) is 6.61 Å². The molecule has 0 amide bonds. The minimum Gasteiger partial charge on any atom is -0.396 e. The third-order valence-electron chi connectivity index (χ3n) is 1.56. The molecule has 0 saturated carbocycles. The SMILES string of the molecule is OCCCCCc1cn[nH]n1. The first-order chi connectivity index (χ1) is 5.43. The van der Waals surface area contributed by atoms with E-state index in [1.54, 1.807) is 6.20 Å². The van der Waals surface area contributed by atoms with Crippen LogP contribution >= 0.6 is 0 Å². The molecule has 0 aromatic carbocycles. The summed E-state index contributed by atoms with van der Waals surface area (Å²) in [6.45, 7) is 0.290. The minimum absolute atomic E-state index is 0.290. The van der Waals surface area contributed by atoms with Gasteiger partial charge in [-0.1, -0.05) is 6.42 Å². The van der Waals surface area contributed by atoms with Gasteiger partial charge in [0.15, 0.2) is 0 Å². The molecule has 1 aromatic rings. The van der Waals surface area contributed by atoms with Gasteiger partial charge in [0.1, 0.15) is 0 Å². The number of H-pyrrole nitrogens is 1. The van der Waals surface area contributed by atoms with Gasteiger partial charge in [0.25, 0.3) is 0 Å². The molecule has 0 saturated heterocycles. The molecule has 4 nitrogen and oxygen atoms in total. The summed E-state index contributed by atoms with van der Waals surface area (Å²) in [5.41, 5.74) is 1.00. The van der Waals surface area contributed by atoms with E-state index >= 15 is 0 Å². The number of aliphatic hydroxyl groups is 1. The standard InChI is InChI=1S/C7H13N3O/c11-5-3-1-2-4-7-6-8-10-9-7/h6,11H,1-5H2,(H,8,9,10). The highest BCUT2D eigenvalue weighted by Crippen LogP contribution is 2.00. The second-order valence-electron chi connectivity index (χ2n) is 2.50. The zero-order valence-electron chi connectivity index (χ0n) is 6.45. The van der Waals surface area contributed by atoms with Crippen LogP contribution in [0.4, 0.5) is 0 Å². The molecule has 62 valence electrons. The molecule has 4 heteroatoms. The Labute approximate surface area is 65.6 Å². The van der Waals surface area contributed by atoms with Crippen molar-refractivity contribution in [3.05, 3.63) is 11.9 Å². The maximum Gasteiger partial charge on any atom is 0.0824 e. The van der Waals surface area contributed by atoms with E-state index in [1.165, 1.54) is 0 Å². The van der Waals surface area contributed by atoms with E-state index in [2.05, 4.69) is 15.4 Å². The predicted molar refractivity (Wildman–Crippen MR) is 41.0 cm³/mol. The lowest BCUT2D eigenvalue weighted by molar-refractivity contribution is 0.283. The fraction of sp³-hybridized carbons (Fsp3) is 0.714. The van der Waals surface area contributed by atoms with Crippen molar-refractivity contribution in [1.29, 1.82) is 0 Å². The molecule has 0 radical (unpaired) electrons. The first-order valence-corrected chi connectivity index (χ1v) is 3.89. The van der Waals surface area contributed by atoms with Gasteiger partial charge in [-0.15, -0.1) is 0 Å². The van der Waals surface area contributed by atoms with E-state index in [0.717, 1.165) is 31.4 Å². The molecule has 11 heavy (non-hydrogen) atoms. The number of aryl methyl sites for hydroxylation is 1. The summed E-state index contributed by atoms with van der Waals surface area (Å²) in [7, 11) is 0. The van der Waals surface area contributed by atoms with Gasteiger partial charge in [0.2, 0.25) is 0 Å². The molecule has 0 aliphatic heterocycles. The normalized spacial score (nSPS) is 10.3. The van der Waals surface area contributed by atoms with Crippen LogP contribution in [0.2, 0.25) is 0 Å². The first kappa shape index (κ1) is 8.20. The van der Waals surface area contributed by atoms with Crippen molar-refractivity contribution in [2.45, 2.75) is 25.7 Å². The van der Waals surface area contributed by atoms with Crippen LogP contribution in [0.1, 0.15) is 25.0 Å². The van der Waals surface area contributed by atoms with Crippen molar-refractivity contribution < 1.29 is 5.11 Å². The molecular formula is C7H13N3O. The summed E-state index contributed by atoms with van der Waals surface area (Å²) in [5, 5.41) is 18.7. The fourth-order valence-corrected chi connectivity index (χ4v) is 0.940. The maximum absolute atomic E-state index is 8.49. The van der Waals surface area contributed by atoms with Crippen LogP contribution in [-0.4, -0.2) is 27.1 Å². The Hall–Kier alpha value is -0.900. The lowest BCUT2D eigenvalue weighted by Crippen LogP contribution is -1.88. The highest BCUT2D eigenvalue weighted by atomic mass is 16.2. The summed E-state index contributed by atoms with van der Waals surface area (Å²) in [5.74, 6) is 0. The second kappa shape index (κ2) is 4.85. The number of rotatable bonds is 5. The van der Waals surface area contributed by atoms with Gasteiger partial charge >= 0.3 is 0 Å². The molecule has 0 unspecified atom stereocenters. The van der Waals surface area contributed by atoms with Gasteiger partial charge in [-0.05, 0) is 19.3 Å². The molecular weight excluding hydrogens is 142 g/mol. The van der Waals surface area contributed by atoms with Crippen LogP contribution in [0.15, 0.2) is 6.20 Å². The number of nitrogens with zero attached hydrogens (tertiary/aromatic N) is 2. The van der Waals surface area contributed by atoms with E-state index in [-0.39, 0.29) is 0 Å². The highest BCUT2D eigenvalue weighted by Gasteiger charge is 1.94. The lowest BCUT2D eigenvalue weighted by Gasteiger charge is -1.94. The lowest BCUT2D eigenvalue weighted by atomic mass is 10.2. The summed E-state index contributed by atoms with van der Waals surface area (Å²) in [6.07, 6.45) is 5.71. The average molecular weight is 155 g/mol. The Balaban J connectivity index is 2.04. The molecule has 0 fully saturated rings. The van der Waals surface area contributed by atoms with Crippen LogP contribution in [-0.2, 0) is 6.42 Å². The Bertz CT molecular complexity index is 174. The number of aromatic amines is 1. The molecule has 0 bridgehead atoms. The number of unbranched alkanes of at least 4 members (excludes halogenated alkanes) is 2. The van der Waals surface area contributed by atoms with Crippen molar-refractivity contribution in [3.63, 3.8) is 0 Å². The molecule has 0 spiro atoms. The van der Waals surface area contributed by atoms with E-state index in [9.17, 15) is 0 Å². The van der Waals surface area contributed by atoms with Crippen LogP contribution in [0, 0.1) is 0 Å². The fourth-order valence-electron chi connectivity index (χ4n) is 0.940. The molecule has 2 N–H and O–H groups in total. The predicted octanol–water partition coefficient (Wildman–Crippen LogP) is 0.510. The van der Waals surface area contributed by atoms with Crippen LogP contribution < -0.4 is 0 Å². The van der Waals surface area contributed by atoms with Gasteiger partial charge in [0.05, 0.1) is 11.9 Å². The van der Waals surface area contributed by atoms with Gasteiger partial charge in [0, 0.05) is 6.61 Å². The number of hydrogen-bond acceptors (Lipinski definition) is 3. The third-order valence-corrected chi connectivity index (χ3v) is 1.56. The molecule has 1 rings (SSSR count). The van der Waals surface area contributed by atoms with Gasteiger partial charge < -0.3 is 5.11 Å². The average Bonchev–Trinajstić information content (AvgIpc) is 2.50. The number of aliphatic hydroxyl groups excluding tert-OH is 1. The minimum atomic E-state index is 0.290. The maximum atomic E-state index is 8.49. The number of nitrogens with one attached hydrogen (secondary N) is 1. The van der Waals surface area contributed by atoms with Crippen molar-refractivity contribution in [3.8, 4) is 0 Å². The van der Waals surface area contributed by atoms with E-state index < -0.39 is 0 Å².